The van der Waals surface area contributed by atoms with Crippen LogP contribution in [0.1, 0.15) is 26.9 Å². The van der Waals surface area contributed by atoms with Crippen LogP contribution in [-0.4, -0.2) is 59.5 Å². The van der Waals surface area contributed by atoms with Gasteiger partial charge in [0.2, 0.25) is 0 Å². The molecule has 3 aromatic heterocycles. The Hall–Kier alpha value is -2.87. The molecular weight excluding hydrogens is 408 g/mol. The lowest BCUT2D eigenvalue weighted by molar-refractivity contribution is -0.0322. The molecule has 158 valence electrons. The van der Waals surface area contributed by atoms with Gasteiger partial charge < -0.3 is 9.64 Å². The molecule has 0 bridgehead atoms. The average Bonchev–Trinajstić information content (AvgIpc) is 3.18. The van der Waals surface area contributed by atoms with Crippen molar-refractivity contribution < 1.29 is 9.53 Å². The second kappa shape index (κ2) is 8.34. The van der Waals surface area contributed by atoms with E-state index in [2.05, 4.69) is 33.1 Å². The molecule has 4 heterocycles. The molecule has 0 aliphatic carbocycles. The highest BCUT2D eigenvalue weighted by Gasteiger charge is 2.30. The van der Waals surface area contributed by atoms with Crippen LogP contribution < -0.4 is 0 Å². The number of rotatable bonds is 4. The zero-order valence-corrected chi connectivity index (χ0v) is 18.4. The van der Waals surface area contributed by atoms with Crippen LogP contribution in [0.25, 0.3) is 21.1 Å². The highest BCUT2D eigenvalue weighted by molar-refractivity contribution is 7.20. The molecular formula is C24H24N4O2S. The van der Waals surface area contributed by atoms with E-state index in [1.165, 1.54) is 22.3 Å². The van der Waals surface area contributed by atoms with Crippen LogP contribution in [0, 0.1) is 0 Å². The van der Waals surface area contributed by atoms with Gasteiger partial charge in [0.25, 0.3) is 5.91 Å². The van der Waals surface area contributed by atoms with Crippen molar-refractivity contribution in [3.63, 3.8) is 0 Å². The molecule has 0 radical (unpaired) electrons. The van der Waals surface area contributed by atoms with Crippen LogP contribution in [0.5, 0.6) is 0 Å². The molecule has 1 amide bonds. The maximum absolute atomic E-state index is 12.9. The van der Waals surface area contributed by atoms with Crippen LogP contribution in [0.15, 0.2) is 54.9 Å². The highest BCUT2D eigenvalue weighted by atomic mass is 32.1. The van der Waals surface area contributed by atoms with Crippen molar-refractivity contribution in [3.8, 4) is 0 Å². The van der Waals surface area contributed by atoms with Crippen molar-refractivity contribution in [2.75, 3.05) is 33.8 Å². The number of pyridine rings is 2. The molecule has 1 aromatic carbocycles. The van der Waals surface area contributed by atoms with E-state index in [0.717, 1.165) is 45.8 Å². The molecule has 1 aliphatic heterocycles. The summed E-state index contributed by atoms with van der Waals surface area (Å²) in [5.74, 6) is -0.00106. The van der Waals surface area contributed by atoms with E-state index >= 15 is 0 Å². The zero-order valence-electron chi connectivity index (χ0n) is 17.6. The predicted octanol–water partition coefficient (Wildman–Crippen LogP) is 4.12. The zero-order chi connectivity index (χ0) is 21.4. The molecule has 1 atom stereocenters. The summed E-state index contributed by atoms with van der Waals surface area (Å²) in [4.78, 5) is 27.5. The summed E-state index contributed by atoms with van der Waals surface area (Å²) in [5, 5.41) is 2.20. The number of benzene rings is 1. The van der Waals surface area contributed by atoms with Crippen molar-refractivity contribution in [1.29, 1.82) is 0 Å². The average molecular weight is 433 g/mol. The Labute approximate surface area is 185 Å². The smallest absolute Gasteiger partial charge is 0.263 e. The standard InChI is InChI=1S/C24H24N4O2S/c1-27(2)24(29)22-21(18-7-5-10-26-23(18)31-22)20-15-28(12-13-30-20)14-16-9-11-25-19-8-4-3-6-17(16)19/h3-11,20H,12-15H2,1-2H3. The first kappa shape index (κ1) is 20.1. The van der Waals surface area contributed by atoms with E-state index in [1.54, 1.807) is 25.2 Å². The van der Waals surface area contributed by atoms with E-state index < -0.39 is 0 Å². The van der Waals surface area contributed by atoms with Crippen molar-refractivity contribution >= 4 is 38.4 Å². The van der Waals surface area contributed by atoms with Crippen molar-refractivity contribution in [1.82, 2.24) is 19.8 Å². The van der Waals surface area contributed by atoms with Crippen LogP contribution in [0.3, 0.4) is 0 Å². The topological polar surface area (TPSA) is 58.6 Å². The number of hydrogen-bond acceptors (Lipinski definition) is 6. The molecule has 4 aromatic rings. The largest absolute Gasteiger partial charge is 0.371 e. The van der Waals surface area contributed by atoms with Crippen LogP contribution >= 0.6 is 11.3 Å². The number of carbonyl (C=O) groups excluding carboxylic acids is 1. The Kier molecular flexibility index (Phi) is 5.40. The number of aromatic nitrogens is 2. The van der Waals surface area contributed by atoms with E-state index in [4.69, 9.17) is 4.74 Å². The number of carbonyl (C=O) groups is 1. The lowest BCUT2D eigenvalue weighted by Gasteiger charge is -2.33. The van der Waals surface area contributed by atoms with Crippen molar-refractivity contribution in [3.05, 3.63) is 70.9 Å². The summed E-state index contributed by atoms with van der Waals surface area (Å²) in [5.41, 5.74) is 3.24. The SMILES string of the molecule is CN(C)C(=O)c1sc2ncccc2c1C1CN(Cc2ccnc3ccccc23)CCO1. The lowest BCUT2D eigenvalue weighted by Crippen LogP contribution is -2.38. The third-order valence-corrected chi connectivity index (χ3v) is 6.83. The first-order valence-electron chi connectivity index (χ1n) is 10.4. The quantitative estimate of drug-likeness (QED) is 0.486. The van der Waals surface area contributed by atoms with E-state index in [9.17, 15) is 4.79 Å². The summed E-state index contributed by atoms with van der Waals surface area (Å²) >= 11 is 1.45. The summed E-state index contributed by atoms with van der Waals surface area (Å²) in [6.07, 6.45) is 3.48. The Bertz CT molecular complexity index is 1250. The van der Waals surface area contributed by atoms with Crippen molar-refractivity contribution in [2.45, 2.75) is 12.6 Å². The normalized spacial score (nSPS) is 17.3. The van der Waals surface area contributed by atoms with Gasteiger partial charge in [0.15, 0.2) is 0 Å². The minimum atomic E-state index is -0.168. The Morgan fingerprint density at radius 1 is 1.13 bits per heavy atom. The van der Waals surface area contributed by atoms with Crippen LogP contribution in [-0.2, 0) is 11.3 Å². The van der Waals surface area contributed by atoms with Gasteiger partial charge in [0.1, 0.15) is 9.71 Å². The number of ether oxygens (including phenoxy) is 1. The third kappa shape index (κ3) is 3.80. The third-order valence-electron chi connectivity index (χ3n) is 5.71. The summed E-state index contributed by atoms with van der Waals surface area (Å²) in [7, 11) is 3.57. The van der Waals surface area contributed by atoms with Crippen LogP contribution in [0.2, 0.25) is 0 Å². The molecule has 0 saturated carbocycles. The van der Waals surface area contributed by atoms with Gasteiger partial charge in [-0.25, -0.2) is 4.98 Å². The van der Waals surface area contributed by atoms with Gasteiger partial charge in [-0.15, -0.1) is 11.3 Å². The van der Waals surface area contributed by atoms with E-state index in [-0.39, 0.29) is 12.0 Å². The number of morpholine rings is 1. The number of amides is 1. The van der Waals surface area contributed by atoms with Gasteiger partial charge in [-0.2, -0.15) is 0 Å². The lowest BCUT2D eigenvalue weighted by atomic mass is 10.0. The second-order valence-electron chi connectivity index (χ2n) is 7.98. The molecule has 0 N–H and O–H groups in total. The summed E-state index contributed by atoms with van der Waals surface area (Å²) in [6, 6.07) is 14.3. The van der Waals surface area contributed by atoms with Crippen LogP contribution in [0.4, 0.5) is 0 Å². The Morgan fingerprint density at radius 3 is 2.84 bits per heavy atom. The minimum absolute atomic E-state index is 0.00106. The first-order chi connectivity index (χ1) is 15.1. The molecule has 1 aliphatic rings. The Balaban J connectivity index is 1.47. The fourth-order valence-corrected chi connectivity index (χ4v) is 5.40. The maximum atomic E-state index is 12.9. The van der Waals surface area contributed by atoms with Gasteiger partial charge in [0.05, 0.1) is 18.2 Å². The molecule has 1 unspecified atom stereocenters. The number of thiophene rings is 1. The number of nitrogens with zero attached hydrogens (tertiary/aromatic N) is 4. The molecule has 0 spiro atoms. The molecule has 6 nitrogen and oxygen atoms in total. The summed E-state index contributed by atoms with van der Waals surface area (Å²) in [6.45, 7) is 3.02. The monoisotopic (exact) mass is 432 g/mol. The fraction of sp³-hybridized carbons (Fsp3) is 0.292. The van der Waals surface area contributed by atoms with E-state index in [0.29, 0.717) is 6.61 Å². The first-order valence-corrected chi connectivity index (χ1v) is 11.2. The summed E-state index contributed by atoms with van der Waals surface area (Å²) < 4.78 is 6.21. The van der Waals surface area contributed by atoms with E-state index in [1.807, 2.05) is 30.5 Å². The molecule has 31 heavy (non-hydrogen) atoms. The van der Waals surface area contributed by atoms with Gasteiger partial charge >= 0.3 is 0 Å². The van der Waals surface area contributed by atoms with Gasteiger partial charge in [-0.05, 0) is 23.8 Å². The molecule has 7 heteroatoms. The minimum Gasteiger partial charge on any atom is -0.371 e. The number of fused-ring (bicyclic) bond motifs is 2. The fourth-order valence-electron chi connectivity index (χ4n) is 4.19. The molecule has 1 saturated heterocycles. The predicted molar refractivity (Wildman–Crippen MR) is 123 cm³/mol. The second-order valence-corrected chi connectivity index (χ2v) is 8.98. The van der Waals surface area contributed by atoms with Crippen molar-refractivity contribution in [2.24, 2.45) is 0 Å². The number of hydrogen-bond donors (Lipinski definition) is 0. The van der Waals surface area contributed by atoms with Gasteiger partial charge in [-0.3, -0.25) is 14.7 Å². The highest BCUT2D eigenvalue weighted by Crippen LogP contribution is 2.38. The van der Waals surface area contributed by atoms with Gasteiger partial charge in [-0.1, -0.05) is 24.3 Å². The molecule has 5 rings (SSSR count). The Morgan fingerprint density at radius 2 is 1.97 bits per heavy atom. The maximum Gasteiger partial charge on any atom is 0.263 e. The van der Waals surface area contributed by atoms with Gasteiger partial charge in [0, 0.05) is 62.5 Å². The molecule has 1 fully saturated rings. The number of para-hydroxylation sites is 1.